The van der Waals surface area contributed by atoms with Crippen molar-refractivity contribution >= 4 is 5.82 Å². The van der Waals surface area contributed by atoms with E-state index in [0.29, 0.717) is 6.04 Å². The topological polar surface area (TPSA) is 65.6 Å². The Balaban J connectivity index is 1.74. The number of nitrogens with zero attached hydrogens (tertiary/aromatic N) is 2. The van der Waals surface area contributed by atoms with E-state index >= 15 is 0 Å². The number of aromatic amines is 1. The van der Waals surface area contributed by atoms with Crippen molar-refractivity contribution in [3.63, 3.8) is 0 Å². The lowest BCUT2D eigenvalue weighted by Gasteiger charge is -2.08. The Kier molecular flexibility index (Phi) is 2.75. The van der Waals surface area contributed by atoms with Crippen molar-refractivity contribution in [3.8, 4) is 11.3 Å². The smallest absolute Gasteiger partial charge is 0.148 e. The maximum absolute atomic E-state index is 4.26. The molecule has 5 nitrogen and oxygen atoms in total. The van der Waals surface area contributed by atoms with Gasteiger partial charge in [-0.3, -0.25) is 10.1 Å². The van der Waals surface area contributed by atoms with Gasteiger partial charge >= 0.3 is 0 Å². The molecule has 88 valence electrons. The van der Waals surface area contributed by atoms with Crippen molar-refractivity contribution in [2.45, 2.75) is 12.5 Å². The largest absolute Gasteiger partial charge is 0.365 e. The van der Waals surface area contributed by atoms with Gasteiger partial charge in [-0.25, -0.2) is 0 Å². The summed E-state index contributed by atoms with van der Waals surface area (Å²) in [6.45, 7) is 2.09. The molecule has 2 aromatic heterocycles. The molecule has 17 heavy (non-hydrogen) atoms. The van der Waals surface area contributed by atoms with Crippen LogP contribution in [-0.2, 0) is 0 Å². The minimum absolute atomic E-state index is 0.486. The normalized spacial score (nSPS) is 19.4. The molecule has 1 unspecified atom stereocenters. The lowest BCUT2D eigenvalue weighted by molar-refractivity contribution is 0.786. The summed E-state index contributed by atoms with van der Waals surface area (Å²) < 4.78 is 0. The summed E-state index contributed by atoms with van der Waals surface area (Å²) in [7, 11) is 0. The average molecular weight is 229 g/mol. The minimum Gasteiger partial charge on any atom is -0.365 e. The molecule has 1 saturated heterocycles. The summed E-state index contributed by atoms with van der Waals surface area (Å²) in [6, 6.07) is 6.45. The Hall–Kier alpha value is -1.88. The monoisotopic (exact) mass is 229 g/mol. The first-order valence-corrected chi connectivity index (χ1v) is 5.85. The number of anilines is 1. The van der Waals surface area contributed by atoms with E-state index in [2.05, 4.69) is 25.8 Å². The van der Waals surface area contributed by atoms with Crippen molar-refractivity contribution in [1.29, 1.82) is 0 Å². The van der Waals surface area contributed by atoms with Crippen LogP contribution < -0.4 is 10.6 Å². The van der Waals surface area contributed by atoms with Gasteiger partial charge in [0.25, 0.3) is 0 Å². The zero-order valence-corrected chi connectivity index (χ0v) is 9.48. The van der Waals surface area contributed by atoms with Crippen LogP contribution in [0.3, 0.4) is 0 Å². The number of H-pyrrole nitrogens is 1. The molecule has 3 N–H and O–H groups in total. The van der Waals surface area contributed by atoms with Gasteiger partial charge in [0.1, 0.15) is 5.82 Å². The van der Waals surface area contributed by atoms with Crippen LogP contribution in [0.15, 0.2) is 30.6 Å². The fourth-order valence-corrected chi connectivity index (χ4v) is 2.05. The van der Waals surface area contributed by atoms with Gasteiger partial charge in [-0.05, 0) is 25.1 Å². The molecule has 0 amide bonds. The first-order valence-electron chi connectivity index (χ1n) is 5.85. The van der Waals surface area contributed by atoms with Gasteiger partial charge < -0.3 is 10.6 Å². The molecule has 5 heteroatoms. The van der Waals surface area contributed by atoms with Crippen LogP contribution in [0.5, 0.6) is 0 Å². The van der Waals surface area contributed by atoms with Gasteiger partial charge in [0.15, 0.2) is 0 Å². The summed E-state index contributed by atoms with van der Waals surface area (Å²) in [5, 5.41) is 14.0. The van der Waals surface area contributed by atoms with Crippen LogP contribution in [0.2, 0.25) is 0 Å². The number of hydrogen-bond acceptors (Lipinski definition) is 4. The first kappa shape index (κ1) is 10.3. The lowest BCUT2D eigenvalue weighted by Crippen LogP contribution is -2.22. The van der Waals surface area contributed by atoms with Crippen LogP contribution in [0.25, 0.3) is 11.3 Å². The van der Waals surface area contributed by atoms with Gasteiger partial charge in [-0.1, -0.05) is 0 Å². The molecule has 1 aliphatic rings. The van der Waals surface area contributed by atoms with Gasteiger partial charge in [0, 0.05) is 36.6 Å². The molecule has 0 aliphatic carbocycles. The van der Waals surface area contributed by atoms with Gasteiger partial charge in [-0.2, -0.15) is 5.10 Å². The minimum atomic E-state index is 0.486. The number of nitrogens with one attached hydrogen (secondary N) is 3. The third-order valence-electron chi connectivity index (χ3n) is 2.96. The van der Waals surface area contributed by atoms with E-state index in [4.69, 9.17) is 0 Å². The van der Waals surface area contributed by atoms with E-state index in [1.54, 1.807) is 6.20 Å². The molecule has 0 saturated carbocycles. The summed E-state index contributed by atoms with van der Waals surface area (Å²) in [5.74, 6) is 0.901. The molecule has 0 aromatic carbocycles. The predicted molar refractivity (Wildman–Crippen MR) is 66.7 cm³/mol. The lowest BCUT2D eigenvalue weighted by atomic mass is 10.2. The summed E-state index contributed by atoms with van der Waals surface area (Å²) in [6.07, 6.45) is 4.74. The van der Waals surface area contributed by atoms with E-state index in [9.17, 15) is 0 Å². The zero-order valence-electron chi connectivity index (χ0n) is 9.48. The van der Waals surface area contributed by atoms with E-state index in [-0.39, 0.29) is 0 Å². The molecular formula is C12H15N5. The third-order valence-corrected chi connectivity index (χ3v) is 2.96. The summed E-state index contributed by atoms with van der Waals surface area (Å²) >= 11 is 0. The SMILES string of the molecule is c1cncc(-c2cc(NC3CCNC3)n[nH]2)c1. The second-order valence-corrected chi connectivity index (χ2v) is 4.24. The predicted octanol–water partition coefficient (Wildman–Crippen LogP) is 1.25. The number of pyridine rings is 1. The Morgan fingerprint density at radius 3 is 3.18 bits per heavy atom. The number of hydrogen-bond donors (Lipinski definition) is 3. The molecule has 3 heterocycles. The molecular weight excluding hydrogens is 214 g/mol. The highest BCUT2D eigenvalue weighted by Gasteiger charge is 2.15. The summed E-state index contributed by atoms with van der Waals surface area (Å²) in [4.78, 5) is 4.10. The molecule has 1 fully saturated rings. The molecule has 0 spiro atoms. The number of rotatable bonds is 3. The second kappa shape index (κ2) is 4.55. The molecule has 0 bridgehead atoms. The Morgan fingerprint density at radius 1 is 1.41 bits per heavy atom. The van der Waals surface area contributed by atoms with Crippen LogP contribution in [-0.4, -0.2) is 34.3 Å². The molecule has 2 aromatic rings. The standard InChI is InChI=1S/C12H15N5/c1-2-9(7-13-4-1)11-6-12(17-16-11)15-10-3-5-14-8-10/h1-2,4,6-7,10,14H,3,5,8H2,(H2,15,16,17). The van der Waals surface area contributed by atoms with Gasteiger partial charge in [0.2, 0.25) is 0 Å². The van der Waals surface area contributed by atoms with E-state index < -0.39 is 0 Å². The van der Waals surface area contributed by atoms with E-state index in [1.807, 2.05) is 24.4 Å². The Morgan fingerprint density at radius 2 is 2.41 bits per heavy atom. The highest BCUT2D eigenvalue weighted by molar-refractivity contribution is 5.61. The fourth-order valence-electron chi connectivity index (χ4n) is 2.05. The van der Waals surface area contributed by atoms with Crippen molar-refractivity contribution in [1.82, 2.24) is 20.5 Å². The molecule has 1 aliphatic heterocycles. The van der Waals surface area contributed by atoms with Crippen molar-refractivity contribution in [2.24, 2.45) is 0 Å². The molecule has 1 atom stereocenters. The zero-order chi connectivity index (χ0) is 11.5. The van der Waals surface area contributed by atoms with Crippen LogP contribution >= 0.6 is 0 Å². The third kappa shape index (κ3) is 2.29. The quantitative estimate of drug-likeness (QED) is 0.741. The fraction of sp³-hybridized carbons (Fsp3) is 0.333. The Labute approximate surface area is 99.7 Å². The average Bonchev–Trinajstić information content (AvgIpc) is 3.02. The Bertz CT molecular complexity index is 473. The second-order valence-electron chi connectivity index (χ2n) is 4.24. The van der Waals surface area contributed by atoms with E-state index in [1.165, 1.54) is 0 Å². The van der Waals surface area contributed by atoms with Crippen molar-refractivity contribution < 1.29 is 0 Å². The highest BCUT2D eigenvalue weighted by Crippen LogP contribution is 2.19. The first-order chi connectivity index (χ1) is 8.42. The molecule has 3 rings (SSSR count). The highest BCUT2D eigenvalue weighted by atomic mass is 15.2. The van der Waals surface area contributed by atoms with Crippen molar-refractivity contribution in [3.05, 3.63) is 30.6 Å². The maximum atomic E-state index is 4.26. The maximum Gasteiger partial charge on any atom is 0.148 e. The van der Waals surface area contributed by atoms with Gasteiger partial charge in [-0.15, -0.1) is 0 Å². The molecule has 0 radical (unpaired) electrons. The number of aromatic nitrogens is 3. The van der Waals surface area contributed by atoms with Crippen molar-refractivity contribution in [2.75, 3.05) is 18.4 Å². The van der Waals surface area contributed by atoms with Crippen LogP contribution in [0.4, 0.5) is 5.82 Å². The summed E-state index contributed by atoms with van der Waals surface area (Å²) in [5.41, 5.74) is 2.05. The van der Waals surface area contributed by atoms with Crippen LogP contribution in [0.1, 0.15) is 6.42 Å². The van der Waals surface area contributed by atoms with E-state index in [0.717, 1.165) is 36.6 Å². The van der Waals surface area contributed by atoms with Gasteiger partial charge in [0.05, 0.1) is 5.69 Å². The van der Waals surface area contributed by atoms with Crippen LogP contribution in [0, 0.1) is 0 Å².